The molecule has 0 bridgehead atoms. The zero-order valence-corrected chi connectivity index (χ0v) is 51.0. The number of benzene rings is 2. The lowest BCUT2D eigenvalue weighted by Crippen LogP contribution is -2.54. The molecule has 3 atom stereocenters. The van der Waals surface area contributed by atoms with Crippen molar-refractivity contribution in [1.82, 2.24) is 41.0 Å². The molecule has 5 heterocycles. The lowest BCUT2D eigenvalue weighted by Gasteiger charge is -2.31. The van der Waals surface area contributed by atoms with Crippen molar-refractivity contribution in [1.29, 1.82) is 0 Å². The van der Waals surface area contributed by atoms with Gasteiger partial charge in [-0.15, -0.1) is 0 Å². The fraction of sp³-hybridized carbons (Fsp3) is 0.517. The van der Waals surface area contributed by atoms with Gasteiger partial charge in [0.05, 0.1) is 76.7 Å². The number of nitrogens with one attached hydrogen (secondary N) is 6. The summed E-state index contributed by atoms with van der Waals surface area (Å²) in [6, 6.07) is 4.98. The van der Waals surface area contributed by atoms with Crippen LogP contribution >= 0.6 is 15.9 Å². The summed E-state index contributed by atoms with van der Waals surface area (Å²) in [4.78, 5) is 139. The Hall–Kier alpha value is -7.96. The van der Waals surface area contributed by atoms with Crippen molar-refractivity contribution in [2.75, 3.05) is 135 Å². The molecule has 0 radical (unpaired) electrons. The standard InChI is InChI=1S/C58H76BrN11O17/c1-34(2)51(66-45(72)13-21-82-23-25-84-27-28-85-26-24-83-22-15-61-44(71)12-16-69-46(73)10-11-47(69)74)54(76)65-39(7-6-14-62-57(60)79)53(75)64-38-8-9-41-36(29-38)30-43(86-41)55(77)70-33-37(32-59)49-40(70)31-42(87-58(80)68-19-17-67(4)18-20-68)52-50(49)48(35(3)63-52)56(78)81-5/h8-11,29-31,34,37,39,51,63H,6-7,12-28,32-33H2,1-5H3,(H,61,71)(H,64,75)(H,65,76)(H,66,72)(H3,60,62,79)/t37-,39?,51?/m1/s1. The van der Waals surface area contributed by atoms with Gasteiger partial charge in [-0.05, 0) is 62.6 Å². The molecule has 1 saturated heterocycles. The summed E-state index contributed by atoms with van der Waals surface area (Å²) in [7, 11) is 3.25. The predicted octanol–water partition coefficient (Wildman–Crippen LogP) is 2.79. The number of alkyl halides is 1. The summed E-state index contributed by atoms with van der Waals surface area (Å²) >= 11 is 3.62. The van der Waals surface area contributed by atoms with Gasteiger partial charge >= 0.3 is 18.1 Å². The number of hydrogen-bond donors (Lipinski definition) is 7. The van der Waals surface area contributed by atoms with E-state index in [0.717, 1.165) is 4.90 Å². The molecule has 0 spiro atoms. The number of H-pyrrole nitrogens is 1. The average Bonchev–Trinajstić information content (AvgIpc) is 1.63. The van der Waals surface area contributed by atoms with Crippen molar-refractivity contribution in [2.24, 2.45) is 11.7 Å². The summed E-state index contributed by atoms with van der Waals surface area (Å²) in [5.41, 5.74) is 8.13. The number of hydrogen-bond acceptors (Lipinski definition) is 18. The number of likely N-dealkylation sites (N-methyl/N-ethyl adjacent to an activating group) is 1. The van der Waals surface area contributed by atoms with E-state index in [0.29, 0.717) is 89.2 Å². The van der Waals surface area contributed by atoms with Crippen molar-refractivity contribution in [3.8, 4) is 5.75 Å². The highest BCUT2D eigenvalue weighted by Crippen LogP contribution is 2.48. The maximum atomic E-state index is 14.7. The molecule has 87 heavy (non-hydrogen) atoms. The number of nitrogens with two attached hydrogens (primary N) is 1. The molecule has 10 amide bonds. The van der Waals surface area contributed by atoms with Gasteiger partial charge in [0, 0.05) is 117 Å². The molecule has 7 rings (SSSR count). The van der Waals surface area contributed by atoms with E-state index in [-0.39, 0.29) is 120 Å². The number of urea groups is 1. The number of furan rings is 1. The number of piperazine rings is 1. The first-order chi connectivity index (χ1) is 41.8. The van der Waals surface area contributed by atoms with Crippen LogP contribution in [0.5, 0.6) is 5.75 Å². The summed E-state index contributed by atoms with van der Waals surface area (Å²) in [6.45, 7) is 9.85. The number of ether oxygens (including phenoxy) is 6. The van der Waals surface area contributed by atoms with Crippen LogP contribution in [0.3, 0.4) is 0 Å². The molecule has 8 N–H and O–H groups in total. The van der Waals surface area contributed by atoms with Gasteiger partial charge < -0.3 is 84.8 Å². The third-order valence-corrected chi connectivity index (χ3v) is 15.4. The predicted molar refractivity (Wildman–Crippen MR) is 319 cm³/mol. The maximum absolute atomic E-state index is 14.7. The Kier molecular flexibility index (Phi) is 24.6. The summed E-state index contributed by atoms with van der Waals surface area (Å²) in [5, 5.41) is 14.8. The Morgan fingerprint density at radius 3 is 2.11 bits per heavy atom. The fourth-order valence-electron chi connectivity index (χ4n) is 9.99. The van der Waals surface area contributed by atoms with E-state index in [9.17, 15) is 47.9 Å². The van der Waals surface area contributed by atoms with Gasteiger partial charge in [0.15, 0.2) is 11.5 Å². The average molecular weight is 1280 g/mol. The number of esters is 1. The number of aromatic amines is 1. The first kappa shape index (κ1) is 66.6. The van der Waals surface area contributed by atoms with Gasteiger partial charge in [0.25, 0.3) is 17.7 Å². The molecule has 4 aromatic rings. The third-order valence-electron chi connectivity index (χ3n) is 14.6. The SMILES string of the molecule is COC(=O)c1c(C)[nH]c2c(OC(=O)N3CCN(C)CC3)cc3c(c12)[C@H](CBr)CN3C(=O)c1cc2cc(NC(=O)C(CCCNC(N)=O)NC(=O)C(NC(=O)CCOCCOCCOCCOCCNC(=O)CCN3C(=O)C=CC3=O)C(C)C)ccc2o1. The van der Waals surface area contributed by atoms with E-state index in [1.807, 2.05) is 7.05 Å². The van der Waals surface area contributed by atoms with E-state index in [1.54, 1.807) is 49.9 Å². The van der Waals surface area contributed by atoms with Crippen LogP contribution in [0.2, 0.25) is 0 Å². The molecule has 2 aromatic carbocycles. The van der Waals surface area contributed by atoms with E-state index >= 15 is 0 Å². The number of amides is 10. The first-order valence-electron chi connectivity index (χ1n) is 28.7. The van der Waals surface area contributed by atoms with Crippen LogP contribution in [-0.4, -0.2) is 216 Å². The van der Waals surface area contributed by atoms with Gasteiger partial charge in [-0.25, -0.2) is 14.4 Å². The number of rotatable bonds is 32. The van der Waals surface area contributed by atoms with Gasteiger partial charge in [0.2, 0.25) is 23.6 Å². The first-order valence-corrected chi connectivity index (χ1v) is 29.8. The van der Waals surface area contributed by atoms with E-state index in [4.69, 9.17) is 38.6 Å². The van der Waals surface area contributed by atoms with E-state index < -0.39 is 71.5 Å². The zero-order chi connectivity index (χ0) is 62.7. The number of halogens is 1. The van der Waals surface area contributed by atoms with Crippen molar-refractivity contribution < 1.29 is 80.8 Å². The lowest BCUT2D eigenvalue weighted by molar-refractivity contribution is -0.137. The number of aromatic nitrogens is 1. The molecular formula is C58H76BrN11O17. The molecule has 3 aliphatic rings. The normalized spacial score (nSPS) is 15.7. The fourth-order valence-corrected chi connectivity index (χ4v) is 10.5. The number of primary amides is 1. The topological polar surface area (TPSA) is 354 Å². The number of nitrogens with zero attached hydrogens (tertiary/aromatic N) is 4. The highest BCUT2D eigenvalue weighted by atomic mass is 79.9. The number of imide groups is 1. The number of methoxy groups -OCH3 is 1. The van der Waals surface area contributed by atoms with Crippen LogP contribution in [0.15, 0.2) is 46.9 Å². The van der Waals surface area contributed by atoms with Crippen molar-refractivity contribution in [3.63, 3.8) is 0 Å². The molecule has 472 valence electrons. The summed E-state index contributed by atoms with van der Waals surface area (Å²) < 4.78 is 39.4. The molecule has 0 saturated carbocycles. The van der Waals surface area contributed by atoms with Gasteiger partial charge in [-0.3, -0.25) is 38.5 Å². The van der Waals surface area contributed by atoms with E-state index in [1.165, 1.54) is 30.2 Å². The second-order valence-electron chi connectivity index (χ2n) is 21.2. The number of aryl methyl sites for hydroxylation is 1. The van der Waals surface area contributed by atoms with Crippen LogP contribution in [-0.2, 0) is 52.5 Å². The molecule has 29 heteroatoms. The Bertz CT molecular complexity index is 3170. The molecule has 1 fully saturated rings. The third kappa shape index (κ3) is 18.1. The van der Waals surface area contributed by atoms with Crippen molar-refractivity contribution in [3.05, 3.63) is 65.1 Å². The minimum atomic E-state index is -1.14. The summed E-state index contributed by atoms with van der Waals surface area (Å²) in [5.74, 6) is -4.63. The molecule has 28 nitrogen and oxygen atoms in total. The number of anilines is 2. The van der Waals surface area contributed by atoms with Crippen molar-refractivity contribution in [2.45, 2.75) is 64.5 Å². The second kappa shape index (κ2) is 32.1. The Balaban J connectivity index is 0.889. The largest absolute Gasteiger partial charge is 0.465 e. The minimum Gasteiger partial charge on any atom is -0.465 e. The quantitative estimate of drug-likeness (QED) is 0.0160. The van der Waals surface area contributed by atoms with Gasteiger partial charge in [-0.2, -0.15) is 0 Å². The van der Waals surface area contributed by atoms with Crippen LogP contribution in [0.4, 0.5) is 21.0 Å². The molecule has 3 aliphatic heterocycles. The zero-order valence-electron chi connectivity index (χ0n) is 49.4. The monoisotopic (exact) mass is 1280 g/mol. The number of fused-ring (bicyclic) bond motifs is 4. The molecule has 0 aliphatic carbocycles. The Labute approximate surface area is 510 Å². The van der Waals surface area contributed by atoms with Crippen LogP contribution in [0.1, 0.15) is 77.6 Å². The van der Waals surface area contributed by atoms with Gasteiger partial charge in [-0.1, -0.05) is 29.8 Å². The van der Waals surface area contributed by atoms with Crippen molar-refractivity contribution >= 4 is 109 Å². The number of carbonyl (C=O) groups is 10. The Morgan fingerprint density at radius 2 is 1.47 bits per heavy atom. The summed E-state index contributed by atoms with van der Waals surface area (Å²) in [6.07, 6.45) is 1.99. The molecule has 2 aromatic heterocycles. The maximum Gasteiger partial charge on any atom is 0.415 e. The second-order valence-corrected chi connectivity index (χ2v) is 21.8. The minimum absolute atomic E-state index is 0.00540. The highest BCUT2D eigenvalue weighted by Gasteiger charge is 2.40. The van der Waals surface area contributed by atoms with Gasteiger partial charge in [0.1, 0.15) is 17.7 Å². The number of carbonyl (C=O) groups excluding carboxylic acids is 10. The van der Waals surface area contributed by atoms with Crippen LogP contribution < -0.4 is 42.0 Å². The van der Waals surface area contributed by atoms with Crippen LogP contribution in [0.25, 0.3) is 21.9 Å². The highest BCUT2D eigenvalue weighted by molar-refractivity contribution is 9.09. The molecular weight excluding hydrogens is 1200 g/mol. The van der Waals surface area contributed by atoms with E-state index in [2.05, 4.69) is 52.4 Å². The van der Waals surface area contributed by atoms with Crippen LogP contribution in [0, 0.1) is 12.8 Å². The smallest absolute Gasteiger partial charge is 0.415 e. The molecule has 2 unspecified atom stereocenters. The Morgan fingerprint density at radius 1 is 0.805 bits per heavy atom. The lowest BCUT2D eigenvalue weighted by atomic mass is 9.95.